The minimum absolute atomic E-state index is 0.0634. The zero-order chi connectivity index (χ0) is 24.9. The molecule has 1 N–H and O–H groups in total. The molecule has 35 heavy (non-hydrogen) atoms. The second-order valence-corrected chi connectivity index (χ2v) is 9.76. The summed E-state index contributed by atoms with van der Waals surface area (Å²) in [6, 6.07) is 10.4. The van der Waals surface area contributed by atoms with Crippen molar-refractivity contribution in [3.63, 3.8) is 0 Å². The molecule has 1 atom stereocenters. The summed E-state index contributed by atoms with van der Waals surface area (Å²) < 4.78 is 17.9. The molecule has 4 aromatic rings. The molecule has 0 radical (unpaired) electrons. The maximum atomic E-state index is 14.6. The Morgan fingerprint density at radius 2 is 1.91 bits per heavy atom. The summed E-state index contributed by atoms with van der Waals surface area (Å²) in [5, 5.41) is 3.86. The Balaban J connectivity index is 1.55. The van der Waals surface area contributed by atoms with Gasteiger partial charge in [0.25, 0.3) is 5.56 Å². The van der Waals surface area contributed by atoms with Crippen molar-refractivity contribution in [2.45, 2.75) is 51.9 Å². The number of halogens is 1. The second kappa shape index (κ2) is 8.57. The van der Waals surface area contributed by atoms with Gasteiger partial charge in [0.2, 0.25) is 0 Å². The van der Waals surface area contributed by atoms with E-state index < -0.39 is 5.67 Å². The monoisotopic (exact) mass is 475 g/mol. The van der Waals surface area contributed by atoms with E-state index in [4.69, 9.17) is 0 Å². The van der Waals surface area contributed by atoms with Crippen molar-refractivity contribution in [1.29, 1.82) is 0 Å². The van der Waals surface area contributed by atoms with E-state index in [1.54, 1.807) is 21.6 Å². The standard InChI is InChI=1S/C26H30FN7O/c1-6-33-24(35)20-15-29-22(30-18-8-7-16-12-19(32(4)5)13-17(16)11-18)14-21(20)34(33)23-9-10-28-25(31-23)26(2,3)27/h7-11,14-15,19H,6,12-13H2,1-5H3,(H,29,30). The van der Waals surface area contributed by atoms with Crippen LogP contribution >= 0.6 is 0 Å². The van der Waals surface area contributed by atoms with Crippen LogP contribution in [0.1, 0.15) is 37.7 Å². The predicted octanol–water partition coefficient (Wildman–Crippen LogP) is 3.97. The fourth-order valence-electron chi connectivity index (χ4n) is 4.68. The fraction of sp³-hybridized carbons (Fsp3) is 0.385. The number of rotatable bonds is 6. The van der Waals surface area contributed by atoms with E-state index in [1.807, 2.05) is 13.0 Å². The number of pyridine rings is 1. The van der Waals surface area contributed by atoms with Crippen LogP contribution in [-0.2, 0) is 25.1 Å². The molecular weight excluding hydrogens is 445 g/mol. The summed E-state index contributed by atoms with van der Waals surface area (Å²) in [6.07, 6.45) is 5.17. The van der Waals surface area contributed by atoms with Crippen molar-refractivity contribution in [2.75, 3.05) is 19.4 Å². The highest BCUT2D eigenvalue weighted by Crippen LogP contribution is 2.29. The third kappa shape index (κ3) is 4.20. The summed E-state index contributed by atoms with van der Waals surface area (Å²) in [5.41, 5.74) is 2.43. The van der Waals surface area contributed by atoms with Crippen LogP contribution < -0.4 is 10.9 Å². The van der Waals surface area contributed by atoms with Gasteiger partial charge in [-0.2, -0.15) is 0 Å². The molecule has 1 aromatic carbocycles. The van der Waals surface area contributed by atoms with E-state index >= 15 is 0 Å². The van der Waals surface area contributed by atoms with Crippen LogP contribution in [0.25, 0.3) is 16.7 Å². The first-order valence-electron chi connectivity index (χ1n) is 11.9. The minimum atomic E-state index is -1.70. The highest BCUT2D eigenvalue weighted by atomic mass is 19.1. The van der Waals surface area contributed by atoms with Gasteiger partial charge >= 0.3 is 0 Å². The van der Waals surface area contributed by atoms with Gasteiger partial charge in [-0.25, -0.2) is 28.7 Å². The number of alkyl halides is 1. The van der Waals surface area contributed by atoms with Gasteiger partial charge in [-0.1, -0.05) is 6.07 Å². The first-order valence-corrected chi connectivity index (χ1v) is 11.9. The molecule has 0 bridgehead atoms. The number of likely N-dealkylation sites (N-methyl/N-ethyl adjacent to an activating group) is 1. The van der Waals surface area contributed by atoms with E-state index in [0.717, 1.165) is 18.5 Å². The van der Waals surface area contributed by atoms with Crippen LogP contribution in [0, 0.1) is 0 Å². The zero-order valence-electron chi connectivity index (χ0n) is 20.7. The smallest absolute Gasteiger partial charge is 0.276 e. The Morgan fingerprint density at radius 1 is 1.14 bits per heavy atom. The third-order valence-corrected chi connectivity index (χ3v) is 6.63. The first kappa shape index (κ1) is 23.2. The van der Waals surface area contributed by atoms with Gasteiger partial charge in [0.05, 0.1) is 10.9 Å². The summed E-state index contributed by atoms with van der Waals surface area (Å²) in [6.45, 7) is 5.13. The number of aromatic nitrogens is 5. The van der Waals surface area contributed by atoms with Crippen molar-refractivity contribution in [2.24, 2.45) is 0 Å². The lowest BCUT2D eigenvalue weighted by Crippen LogP contribution is -2.27. The van der Waals surface area contributed by atoms with Crippen molar-refractivity contribution < 1.29 is 4.39 Å². The minimum Gasteiger partial charge on any atom is -0.340 e. The SMILES string of the molecule is CCn1c(=O)c2cnc(Nc3ccc4c(c3)CC(N(C)C)C4)cc2n1-c1ccnc(C(C)(C)F)n1. The highest BCUT2D eigenvalue weighted by molar-refractivity contribution is 5.82. The van der Waals surface area contributed by atoms with Crippen molar-refractivity contribution in [3.05, 3.63) is 70.0 Å². The van der Waals surface area contributed by atoms with Crippen molar-refractivity contribution in [3.8, 4) is 5.82 Å². The lowest BCUT2D eigenvalue weighted by molar-refractivity contribution is 0.206. The Hall–Kier alpha value is -3.59. The predicted molar refractivity (Wildman–Crippen MR) is 135 cm³/mol. The summed E-state index contributed by atoms with van der Waals surface area (Å²) >= 11 is 0. The van der Waals surface area contributed by atoms with Crippen LogP contribution in [0.3, 0.4) is 0 Å². The molecule has 0 fully saturated rings. The molecule has 0 saturated carbocycles. The Labute approximate surface area is 203 Å². The molecule has 3 heterocycles. The number of hydrogen-bond acceptors (Lipinski definition) is 6. The van der Waals surface area contributed by atoms with Gasteiger partial charge < -0.3 is 10.2 Å². The Bertz CT molecular complexity index is 1470. The summed E-state index contributed by atoms with van der Waals surface area (Å²) in [4.78, 5) is 28.4. The van der Waals surface area contributed by atoms with Crippen LogP contribution in [0.15, 0.2) is 47.5 Å². The quantitative estimate of drug-likeness (QED) is 0.455. The summed E-state index contributed by atoms with van der Waals surface area (Å²) in [7, 11) is 4.23. The van der Waals surface area contributed by atoms with E-state index in [2.05, 4.69) is 57.5 Å². The van der Waals surface area contributed by atoms with E-state index in [9.17, 15) is 9.18 Å². The van der Waals surface area contributed by atoms with E-state index in [-0.39, 0.29) is 11.4 Å². The molecule has 9 heteroatoms. The molecule has 8 nitrogen and oxygen atoms in total. The highest BCUT2D eigenvalue weighted by Gasteiger charge is 2.25. The molecule has 0 amide bonds. The van der Waals surface area contributed by atoms with Gasteiger partial charge in [-0.05, 0) is 71.0 Å². The van der Waals surface area contributed by atoms with Crippen LogP contribution in [-0.4, -0.2) is 49.4 Å². The number of nitrogens with one attached hydrogen (secondary N) is 1. The van der Waals surface area contributed by atoms with Crippen LogP contribution in [0.2, 0.25) is 0 Å². The van der Waals surface area contributed by atoms with Crippen molar-refractivity contribution in [1.82, 2.24) is 29.2 Å². The average molecular weight is 476 g/mol. The largest absolute Gasteiger partial charge is 0.340 e. The molecule has 3 aromatic heterocycles. The fourth-order valence-corrected chi connectivity index (χ4v) is 4.68. The number of benzene rings is 1. The molecule has 5 rings (SSSR count). The van der Waals surface area contributed by atoms with Gasteiger partial charge in [0.1, 0.15) is 5.82 Å². The van der Waals surface area contributed by atoms with Gasteiger partial charge in [-0.15, -0.1) is 0 Å². The molecule has 1 unspecified atom stereocenters. The van der Waals surface area contributed by atoms with Gasteiger partial charge in [-0.3, -0.25) is 4.79 Å². The maximum Gasteiger partial charge on any atom is 0.276 e. The van der Waals surface area contributed by atoms with E-state index in [0.29, 0.717) is 35.1 Å². The number of hydrogen-bond donors (Lipinski definition) is 1. The molecule has 0 spiro atoms. The lowest BCUT2D eigenvalue weighted by Gasteiger charge is -2.17. The zero-order valence-corrected chi connectivity index (χ0v) is 20.7. The average Bonchev–Trinajstić information content (AvgIpc) is 3.37. The third-order valence-electron chi connectivity index (χ3n) is 6.63. The second-order valence-electron chi connectivity index (χ2n) is 9.76. The van der Waals surface area contributed by atoms with Crippen molar-refractivity contribution >= 4 is 22.4 Å². The van der Waals surface area contributed by atoms with Gasteiger partial charge in [0.15, 0.2) is 17.3 Å². The molecule has 1 aliphatic rings. The molecular formula is C26H30FN7O. The topological polar surface area (TPSA) is 80.9 Å². The van der Waals surface area contributed by atoms with Crippen LogP contribution in [0.4, 0.5) is 15.9 Å². The Morgan fingerprint density at radius 3 is 2.63 bits per heavy atom. The van der Waals surface area contributed by atoms with Crippen LogP contribution in [0.5, 0.6) is 0 Å². The molecule has 0 saturated heterocycles. The lowest BCUT2D eigenvalue weighted by atomic mass is 10.1. The number of fused-ring (bicyclic) bond motifs is 2. The molecule has 182 valence electrons. The summed E-state index contributed by atoms with van der Waals surface area (Å²) in [5.74, 6) is 1.11. The number of anilines is 2. The van der Waals surface area contributed by atoms with Gasteiger partial charge in [0, 0.05) is 42.8 Å². The Kier molecular flexibility index (Phi) is 5.67. The molecule has 0 aliphatic heterocycles. The maximum absolute atomic E-state index is 14.6. The molecule has 1 aliphatic carbocycles. The number of nitrogens with zero attached hydrogens (tertiary/aromatic N) is 6. The first-order chi connectivity index (χ1) is 16.7. The van der Waals surface area contributed by atoms with E-state index in [1.165, 1.54) is 31.2 Å². The normalized spacial score (nSPS) is 15.7.